The molecule has 0 saturated carbocycles. The van der Waals surface area contributed by atoms with Crippen molar-refractivity contribution in [2.24, 2.45) is 0 Å². The summed E-state index contributed by atoms with van der Waals surface area (Å²) in [6, 6.07) is 4.43. The van der Waals surface area contributed by atoms with Gasteiger partial charge < -0.3 is 0 Å². The van der Waals surface area contributed by atoms with Crippen LogP contribution in [0.4, 0.5) is 0 Å². The van der Waals surface area contributed by atoms with Crippen LogP contribution < -0.4 is 21.2 Å². The van der Waals surface area contributed by atoms with Crippen LogP contribution in [0.3, 0.4) is 0 Å². The fraction of sp³-hybridized carbons (Fsp3) is 0.545. The molecule has 0 aliphatic carbocycles. The van der Waals surface area contributed by atoms with E-state index in [0.29, 0.717) is 0 Å². The molecule has 0 aliphatic heterocycles. The maximum absolute atomic E-state index is 4.41. The SMILES string of the molecule is CC[I-]c1ccnc(C(C)(C)C)c1. The van der Waals surface area contributed by atoms with E-state index in [4.69, 9.17) is 0 Å². The van der Waals surface area contributed by atoms with Crippen LogP contribution in [-0.2, 0) is 5.41 Å². The van der Waals surface area contributed by atoms with E-state index in [-0.39, 0.29) is 26.6 Å². The van der Waals surface area contributed by atoms with Crippen molar-refractivity contribution in [2.75, 3.05) is 4.43 Å². The van der Waals surface area contributed by atoms with Gasteiger partial charge in [-0.2, -0.15) is 0 Å². The van der Waals surface area contributed by atoms with E-state index in [2.05, 4.69) is 44.8 Å². The summed E-state index contributed by atoms with van der Waals surface area (Å²) >= 11 is 0.225. The third-order valence-corrected chi connectivity index (χ3v) is 4.09. The number of hydrogen-bond donors (Lipinski definition) is 0. The van der Waals surface area contributed by atoms with E-state index in [1.54, 1.807) is 0 Å². The van der Waals surface area contributed by atoms with Crippen molar-refractivity contribution < 1.29 is 21.2 Å². The molecule has 1 aromatic rings. The number of halogens is 1. The molecule has 0 fully saturated rings. The number of alkyl halides is 1. The third kappa shape index (κ3) is 3.25. The Hall–Kier alpha value is -0.120. The Morgan fingerprint density at radius 2 is 2.08 bits per heavy atom. The number of rotatable bonds is 2. The molecule has 0 saturated heterocycles. The van der Waals surface area contributed by atoms with Crippen molar-refractivity contribution >= 4 is 0 Å². The van der Waals surface area contributed by atoms with Crippen LogP contribution in [0.5, 0.6) is 0 Å². The van der Waals surface area contributed by atoms with Gasteiger partial charge in [0.25, 0.3) is 0 Å². The Balaban J connectivity index is 2.92. The average molecular weight is 290 g/mol. The van der Waals surface area contributed by atoms with E-state index in [1.165, 1.54) is 13.7 Å². The first-order valence-electron chi connectivity index (χ1n) is 4.59. The van der Waals surface area contributed by atoms with Crippen molar-refractivity contribution in [1.29, 1.82) is 0 Å². The van der Waals surface area contributed by atoms with Crippen LogP contribution in [0.25, 0.3) is 0 Å². The number of nitrogens with zero attached hydrogens (tertiary/aromatic N) is 1. The number of aromatic nitrogens is 1. The zero-order chi connectivity index (χ0) is 9.90. The summed E-state index contributed by atoms with van der Waals surface area (Å²) in [5.74, 6) is 0. The Bertz CT molecular complexity index is 276. The molecule has 13 heavy (non-hydrogen) atoms. The van der Waals surface area contributed by atoms with Crippen LogP contribution in [0, 0.1) is 3.57 Å². The first-order chi connectivity index (χ1) is 6.04. The quantitative estimate of drug-likeness (QED) is 0.536. The maximum atomic E-state index is 4.41. The van der Waals surface area contributed by atoms with Gasteiger partial charge in [0.2, 0.25) is 0 Å². The van der Waals surface area contributed by atoms with E-state index in [0.717, 1.165) is 0 Å². The summed E-state index contributed by atoms with van der Waals surface area (Å²) in [5.41, 5.74) is 1.41. The Labute approximate surface area is 91.2 Å². The predicted octanol–water partition coefficient (Wildman–Crippen LogP) is -0.342. The molecular formula is C11H17IN-. The van der Waals surface area contributed by atoms with E-state index in [1.807, 2.05) is 6.20 Å². The van der Waals surface area contributed by atoms with Crippen molar-refractivity contribution in [2.45, 2.75) is 33.1 Å². The molecule has 0 spiro atoms. The van der Waals surface area contributed by atoms with Gasteiger partial charge in [0, 0.05) is 0 Å². The minimum absolute atomic E-state index is 0.188. The number of pyridine rings is 1. The van der Waals surface area contributed by atoms with E-state index < -0.39 is 0 Å². The minimum atomic E-state index is 0.188. The predicted molar refractivity (Wildman–Crippen MR) is 52.2 cm³/mol. The van der Waals surface area contributed by atoms with Crippen LogP contribution in [0.15, 0.2) is 18.3 Å². The molecule has 1 heterocycles. The molecule has 2 heteroatoms. The van der Waals surface area contributed by atoms with Gasteiger partial charge in [-0.1, -0.05) is 0 Å². The van der Waals surface area contributed by atoms with Gasteiger partial charge in [-0.25, -0.2) is 0 Å². The first kappa shape index (κ1) is 11.0. The molecular weight excluding hydrogens is 273 g/mol. The van der Waals surface area contributed by atoms with Crippen molar-refractivity contribution in [3.8, 4) is 0 Å². The van der Waals surface area contributed by atoms with Crippen molar-refractivity contribution in [3.63, 3.8) is 0 Å². The summed E-state index contributed by atoms with van der Waals surface area (Å²) in [6.45, 7) is 8.89. The molecule has 0 N–H and O–H groups in total. The van der Waals surface area contributed by atoms with Gasteiger partial charge in [-0.05, 0) is 0 Å². The zero-order valence-corrected chi connectivity index (χ0v) is 10.9. The molecule has 0 atom stereocenters. The van der Waals surface area contributed by atoms with Crippen LogP contribution in [-0.4, -0.2) is 9.41 Å². The van der Waals surface area contributed by atoms with Gasteiger partial charge in [-0.15, -0.1) is 0 Å². The second kappa shape index (κ2) is 4.40. The molecule has 0 aromatic carbocycles. The molecule has 0 unspecified atom stereocenters. The van der Waals surface area contributed by atoms with E-state index >= 15 is 0 Å². The summed E-state index contributed by atoms with van der Waals surface area (Å²) in [6.07, 6.45) is 1.95. The molecule has 0 bridgehead atoms. The summed E-state index contributed by atoms with van der Waals surface area (Å²) < 4.78 is 2.83. The van der Waals surface area contributed by atoms with Gasteiger partial charge in [-0.3, -0.25) is 0 Å². The molecule has 0 amide bonds. The molecule has 0 radical (unpaired) electrons. The van der Waals surface area contributed by atoms with Gasteiger partial charge in [0.1, 0.15) is 0 Å². The van der Waals surface area contributed by atoms with Gasteiger partial charge in [0.15, 0.2) is 0 Å². The summed E-state index contributed by atoms with van der Waals surface area (Å²) in [4.78, 5) is 4.41. The molecule has 0 aliphatic rings. The molecule has 1 rings (SSSR count). The van der Waals surface area contributed by atoms with Gasteiger partial charge >= 0.3 is 91.3 Å². The third-order valence-electron chi connectivity index (χ3n) is 1.78. The first-order valence-corrected chi connectivity index (χ1v) is 7.20. The normalized spacial score (nSPS) is 12.0. The Morgan fingerprint density at radius 3 is 2.62 bits per heavy atom. The molecule has 1 nitrogen and oxygen atoms in total. The molecule has 74 valence electrons. The second-order valence-corrected chi connectivity index (χ2v) is 7.54. The fourth-order valence-corrected chi connectivity index (χ4v) is 2.86. The fourth-order valence-electron chi connectivity index (χ4n) is 1.05. The van der Waals surface area contributed by atoms with Gasteiger partial charge in [0.05, 0.1) is 0 Å². The number of hydrogen-bond acceptors (Lipinski definition) is 1. The van der Waals surface area contributed by atoms with E-state index in [9.17, 15) is 0 Å². The zero-order valence-electron chi connectivity index (χ0n) is 8.76. The van der Waals surface area contributed by atoms with Crippen molar-refractivity contribution in [3.05, 3.63) is 27.6 Å². The second-order valence-electron chi connectivity index (χ2n) is 4.01. The van der Waals surface area contributed by atoms with Crippen LogP contribution in [0.1, 0.15) is 33.4 Å². The standard InChI is InChI=1S/C11H17IN/c1-5-12-9-6-7-13-10(8-9)11(2,3)4/h6-8H,5H2,1-4H3/q-1. The Kier molecular flexibility index (Phi) is 3.71. The average Bonchev–Trinajstić information content (AvgIpc) is 2.04. The summed E-state index contributed by atoms with van der Waals surface area (Å²) in [5, 5.41) is 0. The topological polar surface area (TPSA) is 12.9 Å². The summed E-state index contributed by atoms with van der Waals surface area (Å²) in [7, 11) is 0. The monoisotopic (exact) mass is 290 g/mol. The van der Waals surface area contributed by atoms with Crippen LogP contribution >= 0.6 is 0 Å². The van der Waals surface area contributed by atoms with Crippen molar-refractivity contribution in [1.82, 2.24) is 4.98 Å². The van der Waals surface area contributed by atoms with Crippen LogP contribution in [0.2, 0.25) is 0 Å². The molecule has 1 aromatic heterocycles. The Morgan fingerprint density at radius 1 is 1.38 bits per heavy atom.